The second-order valence-electron chi connectivity index (χ2n) is 5.43. The predicted molar refractivity (Wildman–Crippen MR) is 94.1 cm³/mol. The van der Waals surface area contributed by atoms with Crippen LogP contribution in [0.1, 0.15) is 11.3 Å². The quantitative estimate of drug-likeness (QED) is 0.685. The molecular weight excluding hydrogens is 338 g/mol. The molecule has 1 N–H and O–H groups in total. The van der Waals surface area contributed by atoms with E-state index in [0.717, 1.165) is 23.0 Å². The summed E-state index contributed by atoms with van der Waals surface area (Å²) in [4.78, 5) is 0. The van der Waals surface area contributed by atoms with Gasteiger partial charge in [-0.1, -0.05) is 28.1 Å². The second kappa shape index (κ2) is 6.41. The van der Waals surface area contributed by atoms with Crippen LogP contribution in [0, 0.1) is 6.92 Å². The summed E-state index contributed by atoms with van der Waals surface area (Å²) in [6.45, 7) is 3.07. The standard InChI is InChI=1S/C19H18BrNO/c1-14-2-11-19(16-5-9-18(22)10-6-16)21(14)13-12-15-3-7-17(20)8-4-15/h2-11,22H,12-13H2,1H3. The fraction of sp³-hybridized carbons (Fsp3) is 0.158. The molecule has 0 aliphatic heterocycles. The van der Waals surface area contributed by atoms with E-state index < -0.39 is 0 Å². The first kappa shape index (κ1) is 14.9. The Labute approximate surface area is 139 Å². The van der Waals surface area contributed by atoms with Gasteiger partial charge >= 0.3 is 0 Å². The highest BCUT2D eigenvalue weighted by molar-refractivity contribution is 9.10. The van der Waals surface area contributed by atoms with Crippen molar-refractivity contribution < 1.29 is 5.11 Å². The number of hydrogen-bond donors (Lipinski definition) is 1. The highest BCUT2D eigenvalue weighted by Crippen LogP contribution is 2.25. The summed E-state index contributed by atoms with van der Waals surface area (Å²) in [5.41, 5.74) is 4.89. The minimum absolute atomic E-state index is 0.299. The molecule has 0 atom stereocenters. The van der Waals surface area contributed by atoms with Crippen molar-refractivity contribution in [2.45, 2.75) is 19.9 Å². The molecule has 2 aromatic carbocycles. The molecule has 1 aromatic heterocycles. The molecule has 3 heteroatoms. The molecule has 0 unspecified atom stereocenters. The Kier molecular flexibility index (Phi) is 4.34. The number of phenolic OH excluding ortho intramolecular Hbond substituents is 1. The Hall–Kier alpha value is -2.00. The summed E-state index contributed by atoms with van der Waals surface area (Å²) in [6.07, 6.45) is 0.994. The molecule has 0 amide bonds. The van der Waals surface area contributed by atoms with E-state index in [1.54, 1.807) is 12.1 Å². The molecule has 0 saturated heterocycles. The maximum Gasteiger partial charge on any atom is 0.115 e. The summed E-state index contributed by atoms with van der Waals surface area (Å²) in [5, 5.41) is 9.44. The van der Waals surface area contributed by atoms with Gasteiger partial charge < -0.3 is 9.67 Å². The van der Waals surface area contributed by atoms with Crippen molar-refractivity contribution >= 4 is 15.9 Å². The zero-order chi connectivity index (χ0) is 15.5. The Morgan fingerprint density at radius 1 is 0.909 bits per heavy atom. The van der Waals surface area contributed by atoms with E-state index in [9.17, 15) is 5.11 Å². The minimum Gasteiger partial charge on any atom is -0.508 e. The lowest BCUT2D eigenvalue weighted by Gasteiger charge is -2.12. The second-order valence-corrected chi connectivity index (χ2v) is 6.35. The van der Waals surface area contributed by atoms with Gasteiger partial charge in [-0.25, -0.2) is 0 Å². The van der Waals surface area contributed by atoms with Crippen LogP contribution >= 0.6 is 15.9 Å². The van der Waals surface area contributed by atoms with Crippen molar-refractivity contribution in [3.63, 3.8) is 0 Å². The van der Waals surface area contributed by atoms with E-state index in [-0.39, 0.29) is 0 Å². The molecule has 2 nitrogen and oxygen atoms in total. The molecule has 0 saturated carbocycles. The lowest BCUT2D eigenvalue weighted by atomic mass is 10.1. The fourth-order valence-electron chi connectivity index (χ4n) is 2.64. The number of phenols is 1. The summed E-state index contributed by atoms with van der Waals surface area (Å²) >= 11 is 3.47. The van der Waals surface area contributed by atoms with Gasteiger partial charge in [-0.3, -0.25) is 0 Å². The van der Waals surface area contributed by atoms with Crippen LogP contribution in [0.15, 0.2) is 65.1 Å². The summed E-state index contributed by atoms with van der Waals surface area (Å²) in [5.74, 6) is 0.299. The van der Waals surface area contributed by atoms with Crippen LogP contribution in [-0.4, -0.2) is 9.67 Å². The molecule has 0 bridgehead atoms. The van der Waals surface area contributed by atoms with Gasteiger partial charge in [0.2, 0.25) is 0 Å². The van der Waals surface area contributed by atoms with Crippen molar-refractivity contribution in [3.8, 4) is 17.0 Å². The zero-order valence-electron chi connectivity index (χ0n) is 12.5. The average molecular weight is 356 g/mol. The van der Waals surface area contributed by atoms with Gasteiger partial charge in [0.25, 0.3) is 0 Å². The van der Waals surface area contributed by atoms with E-state index in [1.807, 2.05) is 12.1 Å². The third kappa shape index (κ3) is 3.25. The number of benzene rings is 2. The SMILES string of the molecule is Cc1ccc(-c2ccc(O)cc2)n1CCc1ccc(Br)cc1. The molecule has 1 heterocycles. The molecular formula is C19H18BrNO. The first-order valence-electron chi connectivity index (χ1n) is 7.33. The number of hydrogen-bond acceptors (Lipinski definition) is 1. The molecule has 3 rings (SSSR count). The number of halogens is 1. The first-order chi connectivity index (χ1) is 10.6. The van der Waals surface area contributed by atoms with E-state index in [0.29, 0.717) is 5.75 Å². The summed E-state index contributed by atoms with van der Waals surface area (Å²) in [7, 11) is 0. The summed E-state index contributed by atoms with van der Waals surface area (Å²) < 4.78 is 3.44. The van der Waals surface area contributed by atoms with Gasteiger partial charge in [-0.15, -0.1) is 0 Å². The Bertz CT molecular complexity index is 757. The third-order valence-corrected chi connectivity index (χ3v) is 4.43. The van der Waals surface area contributed by atoms with Crippen LogP contribution < -0.4 is 0 Å². The van der Waals surface area contributed by atoms with Gasteiger partial charge in [-0.05, 0) is 73.0 Å². The Morgan fingerprint density at radius 2 is 1.59 bits per heavy atom. The van der Waals surface area contributed by atoms with E-state index >= 15 is 0 Å². The van der Waals surface area contributed by atoms with Gasteiger partial charge in [0.15, 0.2) is 0 Å². The summed E-state index contributed by atoms with van der Waals surface area (Å²) in [6, 6.07) is 20.1. The lowest BCUT2D eigenvalue weighted by Crippen LogP contribution is -2.05. The van der Waals surface area contributed by atoms with Gasteiger partial charge in [0.05, 0.1) is 0 Å². The number of aromatic nitrogens is 1. The van der Waals surface area contributed by atoms with Crippen LogP contribution in [-0.2, 0) is 13.0 Å². The molecule has 0 radical (unpaired) electrons. The van der Waals surface area contributed by atoms with Crippen molar-refractivity contribution in [3.05, 3.63) is 76.4 Å². The number of aryl methyl sites for hydroxylation is 2. The van der Waals surface area contributed by atoms with Gasteiger partial charge in [-0.2, -0.15) is 0 Å². The van der Waals surface area contributed by atoms with Gasteiger partial charge in [0, 0.05) is 22.4 Å². The van der Waals surface area contributed by atoms with Crippen molar-refractivity contribution in [1.29, 1.82) is 0 Å². The topological polar surface area (TPSA) is 25.2 Å². The van der Waals surface area contributed by atoms with Crippen molar-refractivity contribution in [2.75, 3.05) is 0 Å². The maximum absolute atomic E-state index is 9.44. The monoisotopic (exact) mass is 355 g/mol. The molecule has 3 aromatic rings. The molecule has 0 fully saturated rings. The normalized spacial score (nSPS) is 10.8. The largest absolute Gasteiger partial charge is 0.508 e. The lowest BCUT2D eigenvalue weighted by molar-refractivity contribution is 0.475. The van der Waals surface area contributed by atoms with Crippen molar-refractivity contribution in [1.82, 2.24) is 4.57 Å². The van der Waals surface area contributed by atoms with Crippen LogP contribution in [0.3, 0.4) is 0 Å². The van der Waals surface area contributed by atoms with E-state index in [2.05, 4.69) is 63.8 Å². The smallest absolute Gasteiger partial charge is 0.115 e. The van der Waals surface area contributed by atoms with Crippen molar-refractivity contribution in [2.24, 2.45) is 0 Å². The van der Waals surface area contributed by atoms with E-state index in [1.165, 1.54) is 17.0 Å². The number of rotatable bonds is 4. The van der Waals surface area contributed by atoms with Gasteiger partial charge in [0.1, 0.15) is 5.75 Å². The number of aromatic hydroxyl groups is 1. The van der Waals surface area contributed by atoms with E-state index in [4.69, 9.17) is 0 Å². The first-order valence-corrected chi connectivity index (χ1v) is 8.13. The number of nitrogens with zero attached hydrogens (tertiary/aromatic N) is 1. The predicted octanol–water partition coefficient (Wildman–Crippen LogP) is 5.17. The molecule has 112 valence electrons. The zero-order valence-corrected chi connectivity index (χ0v) is 14.0. The minimum atomic E-state index is 0.299. The van der Waals surface area contributed by atoms with Crippen LogP contribution in [0.5, 0.6) is 5.75 Å². The average Bonchev–Trinajstić information content (AvgIpc) is 2.89. The maximum atomic E-state index is 9.44. The Morgan fingerprint density at radius 3 is 2.27 bits per heavy atom. The molecule has 0 aliphatic rings. The van der Waals surface area contributed by atoms with Crippen LogP contribution in [0.4, 0.5) is 0 Å². The molecule has 0 aliphatic carbocycles. The third-order valence-electron chi connectivity index (χ3n) is 3.90. The molecule has 0 spiro atoms. The fourth-order valence-corrected chi connectivity index (χ4v) is 2.91. The van der Waals surface area contributed by atoms with Crippen LogP contribution in [0.25, 0.3) is 11.3 Å². The Balaban J connectivity index is 1.83. The van der Waals surface area contributed by atoms with Crippen LogP contribution in [0.2, 0.25) is 0 Å². The highest BCUT2D eigenvalue weighted by atomic mass is 79.9. The highest BCUT2D eigenvalue weighted by Gasteiger charge is 2.07. The molecule has 22 heavy (non-hydrogen) atoms.